The molecule has 5 nitrogen and oxygen atoms in total. The highest BCUT2D eigenvalue weighted by Gasteiger charge is 2.47. The van der Waals surface area contributed by atoms with Gasteiger partial charge in [-0.15, -0.1) is 0 Å². The maximum absolute atomic E-state index is 11.0. The van der Waals surface area contributed by atoms with Gasteiger partial charge in [-0.2, -0.15) is 5.10 Å². The van der Waals surface area contributed by atoms with E-state index in [1.807, 2.05) is 35.1 Å². The largest absolute Gasteiger partial charge is 0.390 e. The van der Waals surface area contributed by atoms with Gasteiger partial charge in [-0.1, -0.05) is 43.7 Å². The van der Waals surface area contributed by atoms with E-state index in [9.17, 15) is 5.11 Å². The van der Waals surface area contributed by atoms with Crippen LogP contribution in [0.15, 0.2) is 48.9 Å². The maximum Gasteiger partial charge on any atom is 0.162 e. The van der Waals surface area contributed by atoms with Crippen LogP contribution in [0, 0.1) is 11.8 Å². The maximum atomic E-state index is 11.0. The van der Waals surface area contributed by atoms with E-state index in [0.717, 1.165) is 55.7 Å². The smallest absolute Gasteiger partial charge is 0.162 e. The molecule has 2 aromatic heterocycles. The molecule has 5 rings (SSSR count). The SMILES string of the molecule is CC[C@]1(O)CCC[C@H]2CN(Cc3cnc4c(-c5ccccc5)cnn4c3)C[C@H]21. The predicted octanol–water partition coefficient (Wildman–Crippen LogP) is 3.77. The quantitative estimate of drug-likeness (QED) is 0.753. The second-order valence-corrected chi connectivity index (χ2v) is 8.56. The van der Waals surface area contributed by atoms with Crippen LogP contribution in [0.5, 0.6) is 0 Å². The number of benzene rings is 1. The van der Waals surface area contributed by atoms with Gasteiger partial charge in [-0.05, 0) is 30.7 Å². The van der Waals surface area contributed by atoms with Crippen LogP contribution >= 0.6 is 0 Å². The van der Waals surface area contributed by atoms with Crippen molar-refractivity contribution < 1.29 is 5.11 Å². The number of nitrogens with zero attached hydrogens (tertiary/aromatic N) is 4. The van der Waals surface area contributed by atoms with Crippen molar-refractivity contribution in [2.24, 2.45) is 11.8 Å². The molecular formula is C23H28N4O. The zero-order chi connectivity index (χ0) is 19.1. The summed E-state index contributed by atoms with van der Waals surface area (Å²) < 4.78 is 1.89. The summed E-state index contributed by atoms with van der Waals surface area (Å²) >= 11 is 0. The molecule has 1 aromatic carbocycles. The summed E-state index contributed by atoms with van der Waals surface area (Å²) in [7, 11) is 0. The van der Waals surface area contributed by atoms with Gasteiger partial charge in [0, 0.05) is 49.1 Å². The Morgan fingerprint density at radius 3 is 2.86 bits per heavy atom. The molecule has 0 unspecified atom stereocenters. The summed E-state index contributed by atoms with van der Waals surface area (Å²) in [6.45, 7) is 5.07. The number of likely N-dealkylation sites (tertiary alicyclic amines) is 1. The first-order valence-corrected chi connectivity index (χ1v) is 10.5. The average Bonchev–Trinajstić information content (AvgIpc) is 3.33. The van der Waals surface area contributed by atoms with Gasteiger partial charge in [-0.3, -0.25) is 4.90 Å². The first-order valence-electron chi connectivity index (χ1n) is 10.5. The molecule has 0 bridgehead atoms. The van der Waals surface area contributed by atoms with Crippen molar-refractivity contribution in [2.45, 2.75) is 44.8 Å². The lowest BCUT2D eigenvalue weighted by Crippen LogP contribution is -2.44. The minimum Gasteiger partial charge on any atom is -0.390 e. The molecule has 3 heterocycles. The standard InChI is InChI=1S/C23H28N4O/c1-2-23(28)10-6-9-19-15-26(16-21(19)23)13-17-11-24-22-20(12-25-27(22)14-17)18-7-4-3-5-8-18/h3-5,7-8,11-12,14,19,21,28H,2,6,9-10,13,15-16H2,1H3/t19-,21+,23-/m0/s1. The fourth-order valence-corrected chi connectivity index (χ4v) is 5.36. The van der Waals surface area contributed by atoms with E-state index in [-0.39, 0.29) is 0 Å². The molecule has 0 spiro atoms. The van der Waals surface area contributed by atoms with E-state index in [4.69, 9.17) is 4.98 Å². The molecule has 2 aliphatic rings. The molecule has 1 saturated carbocycles. The van der Waals surface area contributed by atoms with Crippen molar-refractivity contribution in [3.63, 3.8) is 0 Å². The number of fused-ring (bicyclic) bond motifs is 2. The van der Waals surface area contributed by atoms with E-state index < -0.39 is 5.60 Å². The fourth-order valence-electron chi connectivity index (χ4n) is 5.36. The van der Waals surface area contributed by atoms with Crippen LogP contribution in [0.25, 0.3) is 16.8 Å². The number of aliphatic hydroxyl groups is 1. The Morgan fingerprint density at radius 1 is 1.18 bits per heavy atom. The normalized spacial score (nSPS) is 27.9. The van der Waals surface area contributed by atoms with Gasteiger partial charge in [0.2, 0.25) is 0 Å². The molecule has 0 radical (unpaired) electrons. The Kier molecular flexibility index (Phi) is 4.44. The number of hydrogen-bond acceptors (Lipinski definition) is 4. The molecule has 1 aliphatic heterocycles. The third-order valence-electron chi connectivity index (χ3n) is 6.90. The van der Waals surface area contributed by atoms with E-state index in [1.54, 1.807) is 0 Å². The van der Waals surface area contributed by atoms with Crippen molar-refractivity contribution in [2.75, 3.05) is 13.1 Å². The summed E-state index contributed by atoms with van der Waals surface area (Å²) in [5.41, 5.74) is 3.80. The zero-order valence-electron chi connectivity index (χ0n) is 16.5. The van der Waals surface area contributed by atoms with E-state index in [2.05, 4.69) is 35.3 Å². The number of hydrogen-bond donors (Lipinski definition) is 1. The van der Waals surface area contributed by atoms with Crippen LogP contribution in [0.3, 0.4) is 0 Å². The lowest BCUT2D eigenvalue weighted by Gasteiger charge is -2.40. The highest BCUT2D eigenvalue weighted by molar-refractivity contribution is 5.76. The van der Waals surface area contributed by atoms with Crippen molar-refractivity contribution >= 4 is 5.65 Å². The van der Waals surface area contributed by atoms with Gasteiger partial charge in [-0.25, -0.2) is 9.50 Å². The fraction of sp³-hybridized carbons (Fsp3) is 0.478. The average molecular weight is 377 g/mol. The van der Waals surface area contributed by atoms with E-state index in [0.29, 0.717) is 11.8 Å². The van der Waals surface area contributed by atoms with Gasteiger partial charge in [0.05, 0.1) is 11.8 Å². The van der Waals surface area contributed by atoms with E-state index in [1.165, 1.54) is 12.0 Å². The minimum atomic E-state index is -0.466. The van der Waals surface area contributed by atoms with Crippen molar-refractivity contribution in [3.8, 4) is 11.1 Å². The van der Waals surface area contributed by atoms with E-state index >= 15 is 0 Å². The minimum absolute atomic E-state index is 0.414. The lowest BCUT2D eigenvalue weighted by atomic mass is 9.69. The van der Waals surface area contributed by atoms with Crippen LogP contribution in [0.4, 0.5) is 0 Å². The Labute approximate surface area is 166 Å². The molecule has 28 heavy (non-hydrogen) atoms. The molecule has 146 valence electrons. The topological polar surface area (TPSA) is 53.7 Å². The van der Waals surface area contributed by atoms with Gasteiger partial charge in [0.15, 0.2) is 5.65 Å². The summed E-state index contributed by atoms with van der Waals surface area (Å²) in [5, 5.41) is 15.6. The summed E-state index contributed by atoms with van der Waals surface area (Å²) in [6, 6.07) is 10.3. The third-order valence-corrected chi connectivity index (χ3v) is 6.90. The van der Waals surface area contributed by atoms with Crippen LogP contribution in [-0.2, 0) is 6.54 Å². The van der Waals surface area contributed by atoms with Crippen LogP contribution < -0.4 is 0 Å². The molecule has 2 fully saturated rings. The molecule has 1 saturated heterocycles. The van der Waals surface area contributed by atoms with Crippen molar-refractivity contribution in [3.05, 3.63) is 54.5 Å². The number of rotatable bonds is 4. The van der Waals surface area contributed by atoms with Gasteiger partial charge in [0.1, 0.15) is 0 Å². The predicted molar refractivity (Wildman–Crippen MR) is 110 cm³/mol. The zero-order valence-corrected chi connectivity index (χ0v) is 16.5. The summed E-state index contributed by atoms with van der Waals surface area (Å²) in [6.07, 6.45) is 10.2. The molecule has 0 amide bonds. The second kappa shape index (κ2) is 6.98. The highest BCUT2D eigenvalue weighted by Crippen LogP contribution is 2.44. The Balaban J connectivity index is 1.35. The first-order chi connectivity index (χ1) is 13.7. The second-order valence-electron chi connectivity index (χ2n) is 8.56. The molecule has 3 aromatic rings. The Morgan fingerprint density at radius 2 is 2.04 bits per heavy atom. The Hall–Kier alpha value is -2.24. The Bertz CT molecular complexity index is 969. The summed E-state index contributed by atoms with van der Waals surface area (Å²) in [4.78, 5) is 7.21. The summed E-state index contributed by atoms with van der Waals surface area (Å²) in [5.74, 6) is 1.04. The monoisotopic (exact) mass is 376 g/mol. The molecule has 1 aliphatic carbocycles. The molecule has 3 atom stereocenters. The third kappa shape index (κ3) is 3.03. The highest BCUT2D eigenvalue weighted by atomic mass is 16.3. The lowest BCUT2D eigenvalue weighted by molar-refractivity contribution is -0.0613. The molecule has 1 N–H and O–H groups in total. The van der Waals surface area contributed by atoms with Crippen molar-refractivity contribution in [1.29, 1.82) is 0 Å². The number of aromatic nitrogens is 3. The van der Waals surface area contributed by atoms with Crippen molar-refractivity contribution in [1.82, 2.24) is 19.5 Å². The first kappa shape index (κ1) is 17.8. The van der Waals surface area contributed by atoms with Gasteiger partial charge >= 0.3 is 0 Å². The van der Waals surface area contributed by atoms with Gasteiger partial charge in [0.25, 0.3) is 0 Å². The van der Waals surface area contributed by atoms with Crippen LogP contribution in [0.2, 0.25) is 0 Å². The van der Waals surface area contributed by atoms with Crippen LogP contribution in [0.1, 0.15) is 38.2 Å². The van der Waals surface area contributed by atoms with Gasteiger partial charge < -0.3 is 5.11 Å². The molecular weight excluding hydrogens is 348 g/mol. The molecule has 5 heteroatoms. The van der Waals surface area contributed by atoms with Crippen LogP contribution in [-0.4, -0.2) is 43.3 Å².